The molecule has 0 saturated heterocycles. The lowest BCUT2D eigenvalue weighted by atomic mass is 10.4. The van der Waals surface area contributed by atoms with Crippen molar-refractivity contribution in [1.29, 1.82) is 0 Å². The van der Waals surface area contributed by atoms with Crippen LogP contribution in [0.15, 0.2) is 0 Å². The van der Waals surface area contributed by atoms with E-state index in [2.05, 4.69) is 0 Å². The van der Waals surface area contributed by atoms with Crippen LogP contribution in [-0.2, 0) is 4.74 Å². The van der Waals surface area contributed by atoms with Crippen molar-refractivity contribution in [3.63, 3.8) is 0 Å². The van der Waals surface area contributed by atoms with Gasteiger partial charge in [0.05, 0.1) is 6.61 Å². The highest BCUT2D eigenvalue weighted by Gasteiger charge is 2.01. The number of rotatable bonds is 7. The SMILES string of the molecule is COCCN(CCN)CCF. The van der Waals surface area contributed by atoms with E-state index in [1.54, 1.807) is 7.11 Å². The fraction of sp³-hybridized carbons (Fsp3) is 1.00. The van der Waals surface area contributed by atoms with E-state index < -0.39 is 0 Å². The Hall–Kier alpha value is -0.190. The van der Waals surface area contributed by atoms with Crippen molar-refractivity contribution in [3.8, 4) is 0 Å². The monoisotopic (exact) mass is 164 g/mol. The van der Waals surface area contributed by atoms with Crippen molar-refractivity contribution < 1.29 is 9.13 Å². The summed E-state index contributed by atoms with van der Waals surface area (Å²) in [5.41, 5.74) is 5.33. The second-order valence-electron chi connectivity index (χ2n) is 2.31. The van der Waals surface area contributed by atoms with Crippen molar-refractivity contribution >= 4 is 0 Å². The highest BCUT2D eigenvalue weighted by Crippen LogP contribution is 1.86. The summed E-state index contributed by atoms with van der Waals surface area (Å²) < 4.78 is 16.7. The molecular formula is C7H17FN2O. The maximum Gasteiger partial charge on any atom is 0.102 e. The van der Waals surface area contributed by atoms with Crippen molar-refractivity contribution in [2.75, 3.05) is 46.6 Å². The molecule has 0 spiro atoms. The quantitative estimate of drug-likeness (QED) is 0.569. The highest BCUT2D eigenvalue weighted by atomic mass is 19.1. The molecule has 0 radical (unpaired) electrons. The lowest BCUT2D eigenvalue weighted by molar-refractivity contribution is 0.144. The molecule has 4 heteroatoms. The van der Waals surface area contributed by atoms with Gasteiger partial charge in [-0.3, -0.25) is 4.90 Å². The van der Waals surface area contributed by atoms with E-state index in [0.29, 0.717) is 19.7 Å². The summed E-state index contributed by atoms with van der Waals surface area (Å²) in [6, 6.07) is 0. The van der Waals surface area contributed by atoms with Crippen LogP contribution < -0.4 is 5.73 Å². The number of hydrogen-bond donors (Lipinski definition) is 1. The van der Waals surface area contributed by atoms with Gasteiger partial charge in [-0.05, 0) is 0 Å². The van der Waals surface area contributed by atoms with Gasteiger partial charge in [0.2, 0.25) is 0 Å². The van der Waals surface area contributed by atoms with Gasteiger partial charge in [0, 0.05) is 33.3 Å². The number of nitrogens with two attached hydrogens (primary N) is 1. The average molecular weight is 164 g/mol. The van der Waals surface area contributed by atoms with Crippen LogP contribution in [0.25, 0.3) is 0 Å². The first-order chi connectivity index (χ1) is 5.35. The van der Waals surface area contributed by atoms with E-state index in [9.17, 15) is 4.39 Å². The molecule has 3 nitrogen and oxygen atoms in total. The molecule has 0 rings (SSSR count). The van der Waals surface area contributed by atoms with Crippen LogP contribution in [-0.4, -0.2) is 51.5 Å². The Morgan fingerprint density at radius 2 is 2.09 bits per heavy atom. The smallest absolute Gasteiger partial charge is 0.102 e. The zero-order valence-electron chi connectivity index (χ0n) is 7.05. The third-order valence-corrected chi connectivity index (χ3v) is 1.46. The van der Waals surface area contributed by atoms with E-state index >= 15 is 0 Å². The molecule has 0 aromatic heterocycles. The zero-order valence-corrected chi connectivity index (χ0v) is 7.05. The lowest BCUT2D eigenvalue weighted by Crippen LogP contribution is -2.33. The van der Waals surface area contributed by atoms with Crippen LogP contribution in [0, 0.1) is 0 Å². The third-order valence-electron chi connectivity index (χ3n) is 1.46. The van der Waals surface area contributed by atoms with Crippen LogP contribution in [0.3, 0.4) is 0 Å². The largest absolute Gasteiger partial charge is 0.383 e. The minimum absolute atomic E-state index is 0.316. The first kappa shape index (κ1) is 10.8. The third kappa shape index (κ3) is 6.22. The van der Waals surface area contributed by atoms with Crippen molar-refractivity contribution in [3.05, 3.63) is 0 Å². The number of ether oxygens (including phenoxy) is 1. The second-order valence-corrected chi connectivity index (χ2v) is 2.31. The topological polar surface area (TPSA) is 38.5 Å². The molecule has 0 amide bonds. The van der Waals surface area contributed by atoms with Gasteiger partial charge in [0.1, 0.15) is 6.67 Å². The van der Waals surface area contributed by atoms with Gasteiger partial charge in [-0.1, -0.05) is 0 Å². The average Bonchev–Trinajstić information content (AvgIpc) is 2.01. The minimum Gasteiger partial charge on any atom is -0.383 e. The number of methoxy groups -OCH3 is 1. The molecule has 0 aliphatic heterocycles. The lowest BCUT2D eigenvalue weighted by Gasteiger charge is -2.18. The molecule has 0 saturated carbocycles. The van der Waals surface area contributed by atoms with Crippen molar-refractivity contribution in [2.24, 2.45) is 5.73 Å². The molecule has 0 aliphatic carbocycles. The van der Waals surface area contributed by atoms with E-state index in [1.807, 2.05) is 4.90 Å². The summed E-state index contributed by atoms with van der Waals surface area (Å²) >= 11 is 0. The summed E-state index contributed by atoms with van der Waals surface area (Å²) in [7, 11) is 1.63. The summed E-state index contributed by atoms with van der Waals surface area (Å²) in [4.78, 5) is 1.95. The van der Waals surface area contributed by atoms with Crippen LogP contribution in [0.2, 0.25) is 0 Å². The van der Waals surface area contributed by atoms with E-state index in [-0.39, 0.29) is 6.67 Å². The van der Waals surface area contributed by atoms with E-state index in [4.69, 9.17) is 10.5 Å². The molecule has 0 bridgehead atoms. The molecule has 0 fully saturated rings. The van der Waals surface area contributed by atoms with Crippen molar-refractivity contribution in [1.82, 2.24) is 4.90 Å². The van der Waals surface area contributed by atoms with Gasteiger partial charge in [-0.2, -0.15) is 0 Å². The van der Waals surface area contributed by atoms with Crippen LogP contribution in [0.4, 0.5) is 4.39 Å². The maximum atomic E-state index is 11.9. The Balaban J connectivity index is 3.34. The fourth-order valence-electron chi connectivity index (χ4n) is 0.858. The first-order valence-corrected chi connectivity index (χ1v) is 3.82. The standard InChI is InChI=1S/C7H17FN2O/c1-11-7-6-10(4-2-8)5-3-9/h2-7,9H2,1H3. The maximum absolute atomic E-state index is 11.9. The molecule has 0 aromatic carbocycles. The van der Waals surface area contributed by atoms with Gasteiger partial charge in [0.25, 0.3) is 0 Å². The molecule has 0 aliphatic rings. The van der Waals surface area contributed by atoms with Gasteiger partial charge in [0.15, 0.2) is 0 Å². The molecule has 68 valence electrons. The van der Waals surface area contributed by atoms with E-state index in [1.165, 1.54) is 0 Å². The van der Waals surface area contributed by atoms with Gasteiger partial charge in [-0.25, -0.2) is 4.39 Å². The molecule has 0 unspecified atom stereocenters. The Labute approximate surface area is 67.3 Å². The van der Waals surface area contributed by atoms with Gasteiger partial charge >= 0.3 is 0 Å². The first-order valence-electron chi connectivity index (χ1n) is 3.82. The molecular weight excluding hydrogens is 147 g/mol. The second kappa shape index (κ2) is 7.91. The predicted octanol–water partition coefficient (Wildman–Crippen LogP) is -0.137. The Kier molecular flexibility index (Phi) is 7.78. The van der Waals surface area contributed by atoms with Crippen LogP contribution in [0.5, 0.6) is 0 Å². The summed E-state index contributed by atoms with van der Waals surface area (Å²) in [5.74, 6) is 0. The molecule has 0 atom stereocenters. The molecule has 11 heavy (non-hydrogen) atoms. The van der Waals surface area contributed by atoms with Crippen LogP contribution >= 0.6 is 0 Å². The number of nitrogens with zero attached hydrogens (tertiary/aromatic N) is 1. The number of halogens is 1. The van der Waals surface area contributed by atoms with Gasteiger partial charge in [-0.15, -0.1) is 0 Å². The zero-order chi connectivity index (χ0) is 8.53. The molecule has 2 N–H and O–H groups in total. The minimum atomic E-state index is -0.316. The Morgan fingerprint density at radius 1 is 1.36 bits per heavy atom. The number of alkyl halides is 1. The summed E-state index contributed by atoms with van der Waals surface area (Å²) in [6.07, 6.45) is 0. The molecule has 0 aromatic rings. The Bertz CT molecular complexity index is 76.8. The normalized spacial score (nSPS) is 10.9. The summed E-state index contributed by atoms with van der Waals surface area (Å²) in [5, 5.41) is 0. The van der Waals surface area contributed by atoms with E-state index in [0.717, 1.165) is 13.1 Å². The summed E-state index contributed by atoms with van der Waals surface area (Å²) in [6.45, 7) is 2.86. The fourth-order valence-corrected chi connectivity index (χ4v) is 0.858. The van der Waals surface area contributed by atoms with Crippen molar-refractivity contribution in [2.45, 2.75) is 0 Å². The van der Waals surface area contributed by atoms with Crippen LogP contribution in [0.1, 0.15) is 0 Å². The molecule has 0 heterocycles. The highest BCUT2D eigenvalue weighted by molar-refractivity contribution is 4.56. The Morgan fingerprint density at radius 3 is 2.55 bits per heavy atom. The predicted molar refractivity (Wildman–Crippen MR) is 43.3 cm³/mol. The van der Waals surface area contributed by atoms with Gasteiger partial charge < -0.3 is 10.5 Å². The number of hydrogen-bond acceptors (Lipinski definition) is 3.